The largest absolute Gasteiger partial charge is 0.352 e. The number of thiophene rings is 1. The molecule has 7 nitrogen and oxygen atoms in total. The van der Waals surface area contributed by atoms with Gasteiger partial charge in [0.2, 0.25) is 5.91 Å². The monoisotopic (exact) mass is 420 g/mol. The third-order valence-electron chi connectivity index (χ3n) is 4.21. The molecule has 0 spiro atoms. The smallest absolute Gasteiger partial charge is 0.268 e. The Morgan fingerprint density at radius 1 is 1.28 bits per heavy atom. The minimum Gasteiger partial charge on any atom is -0.352 e. The van der Waals surface area contributed by atoms with Gasteiger partial charge in [0.05, 0.1) is 17.6 Å². The zero-order valence-electron chi connectivity index (χ0n) is 15.5. The standard InChI is InChI=1S/C19H18F2N4O3S/c1-25(10-15-23-14-6-8-29-17(14)19(28)24-15)16(26)3-2-7-22-18(27)12-5-4-11(20)9-13(12)21/h4-6,8-9H,2-3,7,10H2,1H3,(H,22,27)(H,23,24,28). The number of carbonyl (C=O) groups is 2. The van der Waals surface area contributed by atoms with Crippen molar-refractivity contribution in [1.82, 2.24) is 20.2 Å². The van der Waals surface area contributed by atoms with Gasteiger partial charge in [-0.15, -0.1) is 11.3 Å². The number of hydrogen-bond acceptors (Lipinski definition) is 5. The molecule has 0 radical (unpaired) electrons. The molecular weight excluding hydrogens is 402 g/mol. The van der Waals surface area contributed by atoms with Gasteiger partial charge in [0, 0.05) is 26.1 Å². The number of fused-ring (bicyclic) bond motifs is 1. The fourth-order valence-corrected chi connectivity index (χ4v) is 3.44. The summed E-state index contributed by atoms with van der Waals surface area (Å²) in [5, 5.41) is 4.27. The van der Waals surface area contributed by atoms with Crippen LogP contribution in [0.1, 0.15) is 29.0 Å². The first-order chi connectivity index (χ1) is 13.8. The summed E-state index contributed by atoms with van der Waals surface area (Å²) in [7, 11) is 1.59. The number of benzene rings is 1. The van der Waals surface area contributed by atoms with Crippen LogP contribution in [-0.4, -0.2) is 40.3 Å². The summed E-state index contributed by atoms with van der Waals surface area (Å²) in [6, 6.07) is 4.45. The Balaban J connectivity index is 1.47. The maximum atomic E-state index is 13.6. The second kappa shape index (κ2) is 8.91. The van der Waals surface area contributed by atoms with E-state index in [-0.39, 0.29) is 36.5 Å². The van der Waals surface area contributed by atoms with Crippen molar-refractivity contribution < 1.29 is 18.4 Å². The van der Waals surface area contributed by atoms with Crippen LogP contribution in [0.4, 0.5) is 8.78 Å². The topological polar surface area (TPSA) is 95.2 Å². The molecule has 152 valence electrons. The first-order valence-electron chi connectivity index (χ1n) is 8.79. The maximum absolute atomic E-state index is 13.6. The number of H-pyrrole nitrogens is 1. The number of amides is 2. The molecule has 0 saturated carbocycles. The maximum Gasteiger partial charge on any atom is 0.268 e. The van der Waals surface area contributed by atoms with Crippen LogP contribution in [0.3, 0.4) is 0 Å². The third-order valence-corrected chi connectivity index (χ3v) is 5.11. The van der Waals surface area contributed by atoms with Crippen LogP contribution in [-0.2, 0) is 11.3 Å². The molecule has 3 aromatic rings. The van der Waals surface area contributed by atoms with Crippen LogP contribution >= 0.6 is 11.3 Å². The SMILES string of the molecule is CN(Cc1nc2ccsc2c(=O)[nH]1)C(=O)CCCNC(=O)c1ccc(F)cc1F. The van der Waals surface area contributed by atoms with E-state index in [4.69, 9.17) is 0 Å². The number of aromatic nitrogens is 2. The van der Waals surface area contributed by atoms with Gasteiger partial charge in [-0.2, -0.15) is 0 Å². The molecule has 0 fully saturated rings. The van der Waals surface area contributed by atoms with Gasteiger partial charge in [-0.1, -0.05) is 0 Å². The minimum absolute atomic E-state index is 0.146. The number of halogens is 2. The number of nitrogens with zero attached hydrogens (tertiary/aromatic N) is 2. The predicted molar refractivity (Wildman–Crippen MR) is 105 cm³/mol. The molecule has 2 N–H and O–H groups in total. The zero-order valence-corrected chi connectivity index (χ0v) is 16.3. The average Bonchev–Trinajstić information content (AvgIpc) is 3.14. The molecule has 0 unspecified atom stereocenters. The lowest BCUT2D eigenvalue weighted by molar-refractivity contribution is -0.130. The molecule has 3 rings (SSSR count). The lowest BCUT2D eigenvalue weighted by Gasteiger charge is -2.16. The molecule has 2 amide bonds. The van der Waals surface area contributed by atoms with E-state index in [9.17, 15) is 23.2 Å². The zero-order chi connectivity index (χ0) is 21.0. The molecule has 2 aromatic heterocycles. The second-order valence-electron chi connectivity index (χ2n) is 6.38. The Morgan fingerprint density at radius 2 is 2.07 bits per heavy atom. The Kier molecular flexibility index (Phi) is 6.32. The number of hydrogen-bond donors (Lipinski definition) is 2. The van der Waals surface area contributed by atoms with E-state index in [1.165, 1.54) is 16.2 Å². The van der Waals surface area contributed by atoms with E-state index in [2.05, 4.69) is 15.3 Å². The number of nitrogens with one attached hydrogen (secondary N) is 2. The van der Waals surface area contributed by atoms with E-state index in [0.29, 0.717) is 28.5 Å². The molecule has 29 heavy (non-hydrogen) atoms. The molecule has 10 heteroatoms. The van der Waals surface area contributed by atoms with Crippen molar-refractivity contribution in [3.63, 3.8) is 0 Å². The molecular formula is C19H18F2N4O3S. The van der Waals surface area contributed by atoms with Crippen molar-refractivity contribution >= 4 is 33.4 Å². The highest BCUT2D eigenvalue weighted by Crippen LogP contribution is 2.14. The molecule has 0 aliphatic heterocycles. The Labute approximate surface area is 168 Å². The van der Waals surface area contributed by atoms with Gasteiger partial charge >= 0.3 is 0 Å². The van der Waals surface area contributed by atoms with Crippen LogP contribution in [0.15, 0.2) is 34.4 Å². The molecule has 0 aliphatic carbocycles. The highest BCUT2D eigenvalue weighted by molar-refractivity contribution is 7.17. The van der Waals surface area contributed by atoms with E-state index in [0.717, 1.165) is 12.1 Å². The molecule has 0 atom stereocenters. The van der Waals surface area contributed by atoms with Crippen LogP contribution < -0.4 is 10.9 Å². The summed E-state index contributed by atoms with van der Waals surface area (Å²) in [6.45, 7) is 0.304. The summed E-state index contributed by atoms with van der Waals surface area (Å²) in [6.07, 6.45) is 0.485. The quantitative estimate of drug-likeness (QED) is 0.574. The third kappa shape index (κ3) is 5.02. The normalized spacial score (nSPS) is 10.9. The van der Waals surface area contributed by atoms with Crippen molar-refractivity contribution in [3.8, 4) is 0 Å². The van der Waals surface area contributed by atoms with Gasteiger partial charge in [0.25, 0.3) is 11.5 Å². The molecule has 0 bridgehead atoms. The van der Waals surface area contributed by atoms with Gasteiger partial charge in [0.15, 0.2) is 0 Å². The van der Waals surface area contributed by atoms with E-state index < -0.39 is 17.5 Å². The van der Waals surface area contributed by atoms with Crippen molar-refractivity contribution in [2.45, 2.75) is 19.4 Å². The fourth-order valence-electron chi connectivity index (χ4n) is 2.71. The van der Waals surface area contributed by atoms with Crippen molar-refractivity contribution in [2.24, 2.45) is 0 Å². The van der Waals surface area contributed by atoms with E-state index in [1.807, 2.05) is 0 Å². The van der Waals surface area contributed by atoms with Crippen LogP contribution in [0.25, 0.3) is 10.2 Å². The highest BCUT2D eigenvalue weighted by Gasteiger charge is 2.14. The Morgan fingerprint density at radius 3 is 2.83 bits per heavy atom. The summed E-state index contributed by atoms with van der Waals surface area (Å²) in [4.78, 5) is 44.5. The lowest BCUT2D eigenvalue weighted by atomic mass is 10.2. The minimum atomic E-state index is -0.942. The van der Waals surface area contributed by atoms with Gasteiger partial charge in [-0.3, -0.25) is 14.4 Å². The van der Waals surface area contributed by atoms with Crippen LogP contribution in [0.5, 0.6) is 0 Å². The summed E-state index contributed by atoms with van der Waals surface area (Å²) >= 11 is 1.30. The average molecular weight is 420 g/mol. The second-order valence-corrected chi connectivity index (χ2v) is 7.30. The number of carbonyl (C=O) groups excluding carboxylic acids is 2. The lowest BCUT2D eigenvalue weighted by Crippen LogP contribution is -2.30. The summed E-state index contributed by atoms with van der Waals surface area (Å²) in [5.74, 6) is -2.18. The van der Waals surface area contributed by atoms with Crippen molar-refractivity contribution in [2.75, 3.05) is 13.6 Å². The van der Waals surface area contributed by atoms with Gasteiger partial charge in [-0.05, 0) is 30.0 Å². The molecule has 0 saturated heterocycles. The molecule has 0 aliphatic rings. The fraction of sp³-hybridized carbons (Fsp3) is 0.263. The Hall–Kier alpha value is -3.14. The van der Waals surface area contributed by atoms with Gasteiger partial charge < -0.3 is 15.2 Å². The highest BCUT2D eigenvalue weighted by atomic mass is 32.1. The van der Waals surface area contributed by atoms with Crippen molar-refractivity contribution in [1.29, 1.82) is 0 Å². The number of rotatable bonds is 7. The first kappa shape index (κ1) is 20.6. The van der Waals surface area contributed by atoms with Crippen LogP contribution in [0, 0.1) is 11.6 Å². The molecule has 1 aromatic carbocycles. The molecule has 2 heterocycles. The van der Waals surface area contributed by atoms with E-state index >= 15 is 0 Å². The summed E-state index contributed by atoms with van der Waals surface area (Å²) in [5.41, 5.74) is 0.0932. The van der Waals surface area contributed by atoms with Crippen LogP contribution in [0.2, 0.25) is 0 Å². The van der Waals surface area contributed by atoms with Gasteiger partial charge in [0.1, 0.15) is 22.2 Å². The van der Waals surface area contributed by atoms with Crippen molar-refractivity contribution in [3.05, 3.63) is 63.0 Å². The van der Waals surface area contributed by atoms with E-state index in [1.54, 1.807) is 18.5 Å². The number of aromatic amines is 1. The Bertz CT molecular complexity index is 1110. The summed E-state index contributed by atoms with van der Waals surface area (Å²) < 4.78 is 27.0. The first-order valence-corrected chi connectivity index (χ1v) is 9.66. The predicted octanol–water partition coefficient (Wildman–Crippen LogP) is 2.43. The van der Waals surface area contributed by atoms with Gasteiger partial charge in [-0.25, -0.2) is 13.8 Å².